The van der Waals surface area contributed by atoms with Gasteiger partial charge in [-0.15, -0.1) is 0 Å². The molecule has 0 saturated carbocycles. The SMILES string of the molecule is COc1ccc(C[C@@H](N)C(=O)N2CCC[C@H]2C(=O)O)cc1. The molecule has 1 aliphatic rings. The molecule has 0 spiro atoms. The predicted molar refractivity (Wildman–Crippen MR) is 77.0 cm³/mol. The van der Waals surface area contributed by atoms with E-state index in [4.69, 9.17) is 15.6 Å². The van der Waals surface area contributed by atoms with E-state index in [-0.39, 0.29) is 5.91 Å². The zero-order valence-electron chi connectivity index (χ0n) is 12.0. The number of nitrogens with two attached hydrogens (primary N) is 1. The van der Waals surface area contributed by atoms with Gasteiger partial charge in [0.25, 0.3) is 0 Å². The molecule has 21 heavy (non-hydrogen) atoms. The van der Waals surface area contributed by atoms with E-state index in [0.29, 0.717) is 25.8 Å². The first-order valence-corrected chi connectivity index (χ1v) is 6.94. The lowest BCUT2D eigenvalue weighted by Crippen LogP contribution is -2.49. The van der Waals surface area contributed by atoms with Crippen molar-refractivity contribution in [3.63, 3.8) is 0 Å². The Balaban J connectivity index is 2.00. The van der Waals surface area contributed by atoms with Crippen LogP contribution < -0.4 is 10.5 Å². The third kappa shape index (κ3) is 3.52. The Kier molecular flexibility index (Phi) is 4.80. The number of amides is 1. The molecule has 2 rings (SSSR count). The van der Waals surface area contributed by atoms with Crippen LogP contribution >= 0.6 is 0 Å². The Hall–Kier alpha value is -2.08. The van der Waals surface area contributed by atoms with Crippen LogP contribution in [0.3, 0.4) is 0 Å². The fourth-order valence-corrected chi connectivity index (χ4v) is 2.60. The Morgan fingerprint density at radius 2 is 2.10 bits per heavy atom. The third-order valence-electron chi connectivity index (χ3n) is 3.75. The van der Waals surface area contributed by atoms with Crippen LogP contribution in [0.25, 0.3) is 0 Å². The van der Waals surface area contributed by atoms with E-state index < -0.39 is 18.1 Å². The smallest absolute Gasteiger partial charge is 0.326 e. The molecule has 1 aromatic rings. The van der Waals surface area contributed by atoms with E-state index in [2.05, 4.69) is 0 Å². The molecule has 1 amide bonds. The van der Waals surface area contributed by atoms with Gasteiger partial charge in [0.15, 0.2) is 0 Å². The van der Waals surface area contributed by atoms with Crippen molar-refractivity contribution in [1.82, 2.24) is 4.90 Å². The van der Waals surface area contributed by atoms with Gasteiger partial charge in [0, 0.05) is 6.54 Å². The van der Waals surface area contributed by atoms with Gasteiger partial charge in [0.1, 0.15) is 11.8 Å². The minimum atomic E-state index is -0.961. The molecule has 6 nitrogen and oxygen atoms in total. The van der Waals surface area contributed by atoms with Gasteiger partial charge in [-0.3, -0.25) is 4.79 Å². The van der Waals surface area contributed by atoms with Crippen LogP contribution in [0.15, 0.2) is 24.3 Å². The number of carbonyl (C=O) groups excluding carboxylic acids is 1. The fourth-order valence-electron chi connectivity index (χ4n) is 2.60. The Morgan fingerprint density at radius 1 is 1.43 bits per heavy atom. The quantitative estimate of drug-likeness (QED) is 0.831. The molecule has 0 radical (unpaired) electrons. The number of rotatable bonds is 5. The highest BCUT2D eigenvalue weighted by molar-refractivity contribution is 5.87. The van der Waals surface area contributed by atoms with Gasteiger partial charge in [-0.25, -0.2) is 4.79 Å². The number of likely N-dealkylation sites (tertiary alicyclic amines) is 1. The summed E-state index contributed by atoms with van der Waals surface area (Å²) >= 11 is 0. The van der Waals surface area contributed by atoms with E-state index in [9.17, 15) is 9.59 Å². The first kappa shape index (κ1) is 15.3. The van der Waals surface area contributed by atoms with E-state index in [1.54, 1.807) is 7.11 Å². The van der Waals surface area contributed by atoms with Gasteiger partial charge in [-0.2, -0.15) is 0 Å². The number of carbonyl (C=O) groups is 2. The Morgan fingerprint density at radius 3 is 2.67 bits per heavy atom. The summed E-state index contributed by atoms with van der Waals surface area (Å²) in [7, 11) is 1.59. The summed E-state index contributed by atoms with van der Waals surface area (Å²) in [6.45, 7) is 0.464. The van der Waals surface area contributed by atoms with Crippen molar-refractivity contribution in [2.45, 2.75) is 31.3 Å². The number of carboxylic acid groups (broad SMARTS) is 1. The second-order valence-electron chi connectivity index (χ2n) is 5.19. The highest BCUT2D eigenvalue weighted by atomic mass is 16.5. The van der Waals surface area contributed by atoms with Crippen molar-refractivity contribution in [3.05, 3.63) is 29.8 Å². The number of carboxylic acids is 1. The minimum Gasteiger partial charge on any atom is -0.497 e. The molecule has 0 unspecified atom stereocenters. The van der Waals surface area contributed by atoms with E-state index in [0.717, 1.165) is 11.3 Å². The standard InChI is InChI=1S/C15H20N2O4/c1-21-11-6-4-10(5-7-11)9-12(16)14(18)17-8-2-3-13(17)15(19)20/h4-7,12-13H,2-3,8-9,16H2,1H3,(H,19,20)/t12-,13+/m1/s1. The van der Waals surface area contributed by atoms with Gasteiger partial charge in [0.05, 0.1) is 13.2 Å². The molecular formula is C15H20N2O4. The van der Waals surface area contributed by atoms with Crippen molar-refractivity contribution in [2.75, 3.05) is 13.7 Å². The Bertz CT molecular complexity index is 515. The maximum absolute atomic E-state index is 12.3. The van der Waals surface area contributed by atoms with Gasteiger partial charge >= 0.3 is 5.97 Å². The second kappa shape index (κ2) is 6.58. The predicted octanol–water partition coefficient (Wildman–Crippen LogP) is 0.641. The molecule has 1 aliphatic heterocycles. The van der Waals surface area contributed by atoms with Crippen molar-refractivity contribution >= 4 is 11.9 Å². The fraction of sp³-hybridized carbons (Fsp3) is 0.467. The summed E-state index contributed by atoms with van der Waals surface area (Å²) in [6.07, 6.45) is 1.58. The van der Waals surface area contributed by atoms with Crippen LogP contribution in [0, 0.1) is 0 Å². The first-order valence-electron chi connectivity index (χ1n) is 6.94. The Labute approximate surface area is 123 Å². The second-order valence-corrected chi connectivity index (χ2v) is 5.19. The molecule has 114 valence electrons. The third-order valence-corrected chi connectivity index (χ3v) is 3.75. The minimum absolute atomic E-state index is 0.296. The van der Waals surface area contributed by atoms with Gasteiger partial charge in [-0.1, -0.05) is 12.1 Å². The molecule has 1 saturated heterocycles. The average molecular weight is 292 g/mol. The van der Waals surface area contributed by atoms with Crippen LogP contribution in [-0.2, 0) is 16.0 Å². The number of hydrogen-bond acceptors (Lipinski definition) is 4. The number of methoxy groups -OCH3 is 1. The summed E-state index contributed by atoms with van der Waals surface area (Å²) in [5, 5.41) is 9.11. The summed E-state index contributed by atoms with van der Waals surface area (Å²) in [5.41, 5.74) is 6.87. The molecule has 2 atom stereocenters. The van der Waals surface area contributed by atoms with Crippen LogP contribution in [-0.4, -0.2) is 47.6 Å². The maximum Gasteiger partial charge on any atom is 0.326 e. The molecule has 3 N–H and O–H groups in total. The highest BCUT2D eigenvalue weighted by Crippen LogP contribution is 2.19. The average Bonchev–Trinajstić information content (AvgIpc) is 2.96. The molecule has 1 heterocycles. The number of nitrogens with zero attached hydrogens (tertiary/aromatic N) is 1. The monoisotopic (exact) mass is 292 g/mol. The van der Waals surface area contributed by atoms with Gasteiger partial charge < -0.3 is 20.5 Å². The molecule has 1 aromatic carbocycles. The molecule has 6 heteroatoms. The molecule has 0 bridgehead atoms. The highest BCUT2D eigenvalue weighted by Gasteiger charge is 2.35. The summed E-state index contributed by atoms with van der Waals surface area (Å²) < 4.78 is 5.07. The molecule has 0 aromatic heterocycles. The normalized spacial score (nSPS) is 19.3. The van der Waals surface area contributed by atoms with Crippen LogP contribution in [0.2, 0.25) is 0 Å². The van der Waals surface area contributed by atoms with E-state index >= 15 is 0 Å². The summed E-state index contributed by atoms with van der Waals surface area (Å²) in [5.74, 6) is -0.516. The molecular weight excluding hydrogens is 272 g/mol. The number of benzene rings is 1. The zero-order chi connectivity index (χ0) is 15.4. The lowest BCUT2D eigenvalue weighted by Gasteiger charge is -2.24. The lowest BCUT2D eigenvalue weighted by atomic mass is 10.0. The number of ether oxygens (including phenoxy) is 1. The lowest BCUT2D eigenvalue weighted by molar-refractivity contribution is -0.148. The van der Waals surface area contributed by atoms with Gasteiger partial charge in [-0.05, 0) is 37.0 Å². The number of aliphatic carboxylic acids is 1. The van der Waals surface area contributed by atoms with Crippen molar-refractivity contribution in [3.8, 4) is 5.75 Å². The molecule has 1 fully saturated rings. The number of hydrogen-bond donors (Lipinski definition) is 2. The van der Waals surface area contributed by atoms with E-state index in [1.807, 2.05) is 24.3 Å². The van der Waals surface area contributed by atoms with E-state index in [1.165, 1.54) is 4.90 Å². The summed E-state index contributed by atoms with van der Waals surface area (Å²) in [4.78, 5) is 24.8. The summed E-state index contributed by atoms with van der Waals surface area (Å²) in [6, 6.07) is 5.86. The van der Waals surface area contributed by atoms with Crippen LogP contribution in [0.1, 0.15) is 18.4 Å². The van der Waals surface area contributed by atoms with Crippen molar-refractivity contribution in [1.29, 1.82) is 0 Å². The zero-order valence-corrected chi connectivity index (χ0v) is 12.0. The first-order chi connectivity index (χ1) is 10.0. The topological polar surface area (TPSA) is 92.9 Å². The van der Waals surface area contributed by atoms with Crippen molar-refractivity contribution in [2.24, 2.45) is 5.73 Å². The largest absolute Gasteiger partial charge is 0.497 e. The van der Waals surface area contributed by atoms with Crippen LogP contribution in [0.4, 0.5) is 0 Å². The maximum atomic E-state index is 12.3. The van der Waals surface area contributed by atoms with Crippen molar-refractivity contribution < 1.29 is 19.4 Å². The molecule has 0 aliphatic carbocycles. The van der Waals surface area contributed by atoms with Crippen LogP contribution in [0.5, 0.6) is 5.75 Å². The van der Waals surface area contributed by atoms with Gasteiger partial charge in [0.2, 0.25) is 5.91 Å².